The zero-order chi connectivity index (χ0) is 34.6. The fourth-order valence-corrected chi connectivity index (χ4v) is 5.06. The quantitative estimate of drug-likeness (QED) is 0.0746. The summed E-state index contributed by atoms with van der Waals surface area (Å²) in [6.07, 6.45) is 0.319. The molecule has 2 amide bonds. The first-order valence-corrected chi connectivity index (χ1v) is 15.8. The Bertz CT molecular complexity index is 1680. The van der Waals surface area contributed by atoms with Gasteiger partial charge in [-0.1, -0.05) is 34.1 Å². The molecule has 0 aliphatic carbocycles. The molecule has 0 aromatic heterocycles. The van der Waals surface area contributed by atoms with Crippen LogP contribution in [0.2, 0.25) is 0 Å². The molecular formula is C34H37BrN4O9. The number of urea groups is 1. The summed E-state index contributed by atoms with van der Waals surface area (Å²) >= 11 is 3.46. The van der Waals surface area contributed by atoms with E-state index in [2.05, 4.69) is 37.1 Å². The van der Waals surface area contributed by atoms with E-state index in [-0.39, 0.29) is 24.8 Å². The summed E-state index contributed by atoms with van der Waals surface area (Å²) in [6, 6.07) is 16.1. The number of amides is 2. The van der Waals surface area contributed by atoms with Gasteiger partial charge in [0.15, 0.2) is 17.7 Å². The van der Waals surface area contributed by atoms with E-state index in [1.807, 2.05) is 12.1 Å². The molecule has 1 aliphatic heterocycles. The van der Waals surface area contributed by atoms with Crippen LogP contribution in [0, 0.1) is 0 Å². The number of esters is 2. The van der Waals surface area contributed by atoms with Gasteiger partial charge in [-0.05, 0) is 74.4 Å². The number of hydrogen-bond acceptors (Lipinski definition) is 11. The second kappa shape index (κ2) is 17.2. The van der Waals surface area contributed by atoms with E-state index in [1.165, 1.54) is 13.3 Å². The third kappa shape index (κ3) is 9.48. The summed E-state index contributed by atoms with van der Waals surface area (Å²) in [5, 5.41) is 20.0. The highest BCUT2D eigenvalue weighted by molar-refractivity contribution is 9.10. The number of hydrazone groups is 1. The molecule has 0 saturated carbocycles. The first-order chi connectivity index (χ1) is 23.1. The van der Waals surface area contributed by atoms with Crippen LogP contribution in [0.5, 0.6) is 17.2 Å². The smallest absolute Gasteiger partial charge is 0.338 e. The average Bonchev–Trinajstić information content (AvgIpc) is 3.07. The molecule has 1 heterocycles. The number of carbonyl (C=O) groups is 3. The van der Waals surface area contributed by atoms with Crippen LogP contribution < -0.4 is 30.3 Å². The number of aliphatic hydroxyl groups excluding tert-OH is 1. The van der Waals surface area contributed by atoms with Crippen molar-refractivity contribution in [2.75, 3.05) is 26.9 Å². The predicted molar refractivity (Wildman–Crippen MR) is 180 cm³/mol. The van der Waals surface area contributed by atoms with Gasteiger partial charge in [0.25, 0.3) is 0 Å². The summed E-state index contributed by atoms with van der Waals surface area (Å²) in [5.41, 5.74) is 5.81. The molecule has 14 heteroatoms. The van der Waals surface area contributed by atoms with Gasteiger partial charge in [-0.25, -0.2) is 14.4 Å². The second-order valence-corrected chi connectivity index (χ2v) is 11.2. The van der Waals surface area contributed by atoms with Gasteiger partial charge in [-0.3, -0.25) is 5.43 Å². The van der Waals surface area contributed by atoms with Crippen molar-refractivity contribution in [2.24, 2.45) is 5.10 Å². The molecule has 0 saturated heterocycles. The van der Waals surface area contributed by atoms with E-state index in [9.17, 15) is 19.5 Å². The van der Waals surface area contributed by atoms with Crippen molar-refractivity contribution in [1.29, 1.82) is 0 Å². The van der Waals surface area contributed by atoms with Gasteiger partial charge in [0, 0.05) is 15.7 Å². The zero-order valence-corrected chi connectivity index (χ0v) is 28.5. The van der Waals surface area contributed by atoms with Gasteiger partial charge < -0.3 is 39.4 Å². The van der Waals surface area contributed by atoms with Crippen LogP contribution in [0.15, 0.2) is 81.5 Å². The molecular weight excluding hydrogens is 688 g/mol. The predicted octanol–water partition coefficient (Wildman–Crippen LogP) is 4.73. The first-order valence-electron chi connectivity index (χ1n) is 15.0. The minimum absolute atomic E-state index is 0.184. The van der Waals surface area contributed by atoms with Crippen LogP contribution in [0.25, 0.3) is 0 Å². The van der Waals surface area contributed by atoms with E-state index in [4.69, 9.17) is 23.7 Å². The van der Waals surface area contributed by atoms with Crippen LogP contribution in [-0.2, 0) is 20.9 Å². The fraction of sp³-hybridized carbons (Fsp3) is 0.294. The molecule has 254 valence electrons. The summed E-state index contributed by atoms with van der Waals surface area (Å²) in [7, 11) is 1.27. The molecule has 0 fully saturated rings. The lowest BCUT2D eigenvalue weighted by Crippen LogP contribution is -2.45. The zero-order valence-electron chi connectivity index (χ0n) is 26.9. The Morgan fingerprint density at radius 3 is 2.44 bits per heavy atom. The lowest BCUT2D eigenvalue weighted by molar-refractivity contribution is -0.136. The minimum Gasteiger partial charge on any atom is -0.490 e. The number of allylic oxidation sites excluding steroid dienone is 1. The standard InChI is InChI=1S/C34H37BrN4O9/c1-5-45-28-16-23(31-30(33(42)44-4)20(3)37-34(43)38-31)11-13-27(28)48-19-29(40)39-36-17-24-15-25(35)12-14-26(24)47-18-21-7-9-22(10-8-21)32(41)46-6-2/h7-17,29,31,39-40H,5-6,18-19H2,1-4H3,(H2,37,38,43)/b36-17+/t29-,31-/m0/s1. The van der Waals surface area contributed by atoms with Crippen LogP contribution in [0.1, 0.15) is 53.9 Å². The van der Waals surface area contributed by atoms with Crippen molar-refractivity contribution >= 4 is 40.1 Å². The normalized spacial score (nSPS) is 14.9. The lowest BCUT2D eigenvalue weighted by Gasteiger charge is -2.28. The van der Waals surface area contributed by atoms with Crippen molar-refractivity contribution in [1.82, 2.24) is 16.1 Å². The number of methoxy groups -OCH3 is 1. The third-order valence-electron chi connectivity index (χ3n) is 6.93. The molecule has 0 unspecified atom stereocenters. The van der Waals surface area contributed by atoms with E-state index < -0.39 is 24.3 Å². The molecule has 48 heavy (non-hydrogen) atoms. The topological polar surface area (TPSA) is 166 Å². The molecule has 3 aromatic rings. The van der Waals surface area contributed by atoms with Crippen molar-refractivity contribution in [2.45, 2.75) is 39.6 Å². The van der Waals surface area contributed by atoms with Crippen LogP contribution in [0.3, 0.4) is 0 Å². The Morgan fingerprint density at radius 1 is 0.979 bits per heavy atom. The van der Waals surface area contributed by atoms with Crippen molar-refractivity contribution in [3.8, 4) is 17.2 Å². The first kappa shape index (κ1) is 35.8. The Kier molecular flexibility index (Phi) is 12.8. The number of carbonyl (C=O) groups excluding carboxylic acids is 3. The number of nitrogens with one attached hydrogen (secondary N) is 3. The number of rotatable bonds is 15. The van der Waals surface area contributed by atoms with Gasteiger partial charge in [-0.15, -0.1) is 0 Å². The molecule has 4 N–H and O–H groups in total. The molecule has 0 radical (unpaired) electrons. The van der Waals surface area contributed by atoms with E-state index >= 15 is 0 Å². The number of nitrogens with zero attached hydrogens (tertiary/aromatic N) is 1. The second-order valence-electron chi connectivity index (χ2n) is 10.3. The van der Waals surface area contributed by atoms with E-state index in [0.29, 0.717) is 52.8 Å². The molecule has 2 atom stereocenters. The van der Waals surface area contributed by atoms with E-state index in [0.717, 1.165) is 10.0 Å². The van der Waals surface area contributed by atoms with E-state index in [1.54, 1.807) is 69.3 Å². The fourth-order valence-electron chi connectivity index (χ4n) is 4.68. The average molecular weight is 726 g/mol. The lowest BCUT2D eigenvalue weighted by atomic mass is 9.95. The maximum Gasteiger partial charge on any atom is 0.338 e. The number of halogens is 1. The van der Waals surface area contributed by atoms with Gasteiger partial charge >= 0.3 is 18.0 Å². The summed E-state index contributed by atoms with van der Waals surface area (Å²) < 4.78 is 28.3. The number of aliphatic hydroxyl groups is 1. The highest BCUT2D eigenvalue weighted by Gasteiger charge is 2.32. The summed E-state index contributed by atoms with van der Waals surface area (Å²) in [6.45, 7) is 5.87. The molecule has 1 aliphatic rings. The minimum atomic E-state index is -1.19. The van der Waals surface area contributed by atoms with Crippen molar-refractivity contribution in [3.05, 3.63) is 98.7 Å². The maximum atomic E-state index is 12.5. The molecule has 4 rings (SSSR count). The third-order valence-corrected chi connectivity index (χ3v) is 7.42. The maximum absolute atomic E-state index is 12.5. The Hall–Kier alpha value is -5.08. The monoisotopic (exact) mass is 724 g/mol. The Labute approximate surface area is 286 Å². The molecule has 0 bridgehead atoms. The van der Waals surface area contributed by atoms with Crippen LogP contribution in [0.4, 0.5) is 4.79 Å². The number of benzene rings is 3. The van der Waals surface area contributed by atoms with Gasteiger partial charge in [0.05, 0.1) is 43.7 Å². The summed E-state index contributed by atoms with van der Waals surface area (Å²) in [5.74, 6) is 0.282. The Balaban J connectivity index is 1.38. The Morgan fingerprint density at radius 2 is 1.73 bits per heavy atom. The van der Waals surface area contributed by atoms with Gasteiger partial charge in [-0.2, -0.15) is 5.10 Å². The highest BCUT2D eigenvalue weighted by Crippen LogP contribution is 2.35. The molecule has 13 nitrogen and oxygen atoms in total. The van der Waals surface area contributed by atoms with Crippen LogP contribution >= 0.6 is 15.9 Å². The van der Waals surface area contributed by atoms with Crippen molar-refractivity contribution < 1.29 is 43.2 Å². The van der Waals surface area contributed by atoms with Crippen LogP contribution in [-0.4, -0.2) is 62.4 Å². The summed E-state index contributed by atoms with van der Waals surface area (Å²) in [4.78, 5) is 36.6. The number of hydrogen-bond donors (Lipinski definition) is 4. The molecule has 0 spiro atoms. The van der Waals surface area contributed by atoms with Gasteiger partial charge in [0.1, 0.15) is 19.0 Å². The highest BCUT2D eigenvalue weighted by atomic mass is 79.9. The largest absolute Gasteiger partial charge is 0.490 e. The SMILES string of the molecule is CCOC(=O)c1ccc(COc2ccc(Br)cc2/C=N/N[C@@H](O)COc2ccc([C@@H]3NC(=O)NC(C)=C3C(=O)OC)cc2OCC)cc1. The number of ether oxygens (including phenoxy) is 5. The molecule has 3 aromatic carbocycles. The van der Waals surface area contributed by atoms with Gasteiger partial charge in [0.2, 0.25) is 0 Å². The van der Waals surface area contributed by atoms with Crippen molar-refractivity contribution in [3.63, 3.8) is 0 Å².